The molecule has 2 heterocycles. The molecule has 3 nitrogen and oxygen atoms in total. The predicted molar refractivity (Wildman–Crippen MR) is 180 cm³/mol. The van der Waals surface area contributed by atoms with E-state index in [2.05, 4.69) is 145 Å². The minimum atomic E-state index is 0.842. The second-order valence-corrected chi connectivity index (χ2v) is 10.9. The fourth-order valence-electron chi connectivity index (χ4n) is 6.45. The van der Waals surface area contributed by atoms with Crippen LogP contribution < -0.4 is 0 Å². The third kappa shape index (κ3) is 4.21. The Kier molecular flexibility index (Phi) is 6.08. The van der Waals surface area contributed by atoms with Gasteiger partial charge in [-0.1, -0.05) is 116 Å². The van der Waals surface area contributed by atoms with Crippen molar-refractivity contribution in [2.24, 2.45) is 0 Å². The van der Waals surface area contributed by atoms with Gasteiger partial charge in [-0.2, -0.15) is 0 Å². The van der Waals surface area contributed by atoms with Gasteiger partial charge < -0.3 is 0 Å². The summed E-state index contributed by atoms with van der Waals surface area (Å²) in [7, 11) is 0. The zero-order chi connectivity index (χ0) is 28.8. The Morgan fingerprint density at radius 2 is 1.19 bits per heavy atom. The van der Waals surface area contributed by atoms with Crippen LogP contribution in [0.3, 0.4) is 0 Å². The normalized spacial score (nSPS) is 11.5. The van der Waals surface area contributed by atoms with Crippen molar-refractivity contribution in [3.05, 3.63) is 152 Å². The van der Waals surface area contributed by atoms with Crippen molar-refractivity contribution in [2.45, 2.75) is 13.3 Å². The summed E-state index contributed by atoms with van der Waals surface area (Å²) in [5, 5.41) is 4.84. The van der Waals surface area contributed by atoms with Crippen LogP contribution in [0.2, 0.25) is 0 Å². The number of hydrogen-bond acceptors (Lipinski definition) is 2. The van der Waals surface area contributed by atoms with E-state index in [9.17, 15) is 0 Å². The molecule has 0 N–H and O–H groups in total. The number of rotatable bonds is 5. The van der Waals surface area contributed by atoms with E-state index in [4.69, 9.17) is 9.97 Å². The molecule has 0 bridgehead atoms. The Morgan fingerprint density at radius 3 is 1.91 bits per heavy atom. The van der Waals surface area contributed by atoms with E-state index in [0.717, 1.165) is 40.2 Å². The standard InChI is InChI=1S/C40H29N3/c1-2-38-42-35-19-11-12-20-37(35)43(38)30-22-24-36(41-26-30)40-32-18-10-9-17-31(32)39(28-15-7-4-8-16-28)33-23-21-29(25-34(33)40)27-13-5-3-6-14-27/h3-26H,2H2,1H3. The molecule has 0 aliphatic carbocycles. The lowest BCUT2D eigenvalue weighted by molar-refractivity contribution is 0.904. The van der Waals surface area contributed by atoms with Gasteiger partial charge in [0.05, 0.1) is 28.6 Å². The molecule has 0 saturated heterocycles. The molecule has 0 radical (unpaired) electrons. The molecule has 0 spiro atoms. The molecule has 8 rings (SSSR count). The molecule has 8 aromatic rings. The van der Waals surface area contributed by atoms with Crippen LogP contribution in [0, 0.1) is 0 Å². The Hall–Kier alpha value is -5.54. The summed E-state index contributed by atoms with van der Waals surface area (Å²) in [5.74, 6) is 1.03. The number of para-hydroxylation sites is 2. The molecule has 43 heavy (non-hydrogen) atoms. The first kappa shape index (κ1) is 25.2. The summed E-state index contributed by atoms with van der Waals surface area (Å²) in [6, 6.07) is 49.6. The van der Waals surface area contributed by atoms with Crippen LogP contribution in [0.25, 0.3) is 71.8 Å². The Morgan fingerprint density at radius 1 is 0.535 bits per heavy atom. The third-order valence-electron chi connectivity index (χ3n) is 8.40. The number of pyridine rings is 1. The van der Waals surface area contributed by atoms with Crippen LogP contribution >= 0.6 is 0 Å². The first-order chi connectivity index (χ1) is 21.3. The van der Waals surface area contributed by atoms with Gasteiger partial charge in [0.1, 0.15) is 5.82 Å². The number of benzene rings is 6. The van der Waals surface area contributed by atoms with Crippen molar-refractivity contribution in [3.63, 3.8) is 0 Å². The fourth-order valence-corrected chi connectivity index (χ4v) is 6.45. The second kappa shape index (κ2) is 10.4. The van der Waals surface area contributed by atoms with Crippen LogP contribution in [0.1, 0.15) is 12.7 Å². The van der Waals surface area contributed by atoms with Gasteiger partial charge in [0.25, 0.3) is 0 Å². The molecule has 6 aromatic carbocycles. The van der Waals surface area contributed by atoms with E-state index in [0.29, 0.717) is 0 Å². The van der Waals surface area contributed by atoms with E-state index >= 15 is 0 Å². The lowest BCUT2D eigenvalue weighted by Gasteiger charge is -2.18. The highest BCUT2D eigenvalue weighted by molar-refractivity contribution is 6.21. The van der Waals surface area contributed by atoms with Crippen molar-refractivity contribution in [3.8, 4) is 39.2 Å². The minimum absolute atomic E-state index is 0.842. The Balaban J connectivity index is 1.40. The number of aromatic nitrogens is 3. The summed E-state index contributed by atoms with van der Waals surface area (Å²) in [4.78, 5) is 10.0. The van der Waals surface area contributed by atoms with Gasteiger partial charge in [-0.3, -0.25) is 9.55 Å². The smallest absolute Gasteiger partial charge is 0.114 e. The van der Waals surface area contributed by atoms with E-state index in [1.165, 1.54) is 43.8 Å². The quantitative estimate of drug-likeness (QED) is 0.199. The summed E-state index contributed by atoms with van der Waals surface area (Å²) in [6.07, 6.45) is 2.84. The number of imidazole rings is 1. The summed E-state index contributed by atoms with van der Waals surface area (Å²) < 4.78 is 2.23. The van der Waals surface area contributed by atoms with E-state index in [1.807, 2.05) is 12.3 Å². The topological polar surface area (TPSA) is 30.7 Å². The lowest BCUT2D eigenvalue weighted by atomic mass is 9.86. The number of fused-ring (bicyclic) bond motifs is 3. The van der Waals surface area contributed by atoms with Gasteiger partial charge in [-0.25, -0.2) is 4.98 Å². The van der Waals surface area contributed by atoms with Crippen LogP contribution in [0.5, 0.6) is 0 Å². The van der Waals surface area contributed by atoms with Crippen molar-refractivity contribution in [1.82, 2.24) is 14.5 Å². The second-order valence-electron chi connectivity index (χ2n) is 10.9. The molecule has 0 aliphatic rings. The molecule has 0 saturated carbocycles. The monoisotopic (exact) mass is 551 g/mol. The van der Waals surface area contributed by atoms with Gasteiger partial charge in [0.15, 0.2) is 0 Å². The van der Waals surface area contributed by atoms with Crippen LogP contribution in [0.4, 0.5) is 0 Å². The van der Waals surface area contributed by atoms with Crippen LogP contribution in [0.15, 0.2) is 146 Å². The van der Waals surface area contributed by atoms with Crippen molar-refractivity contribution in [1.29, 1.82) is 0 Å². The lowest BCUT2D eigenvalue weighted by Crippen LogP contribution is -2.01. The molecular formula is C40H29N3. The highest BCUT2D eigenvalue weighted by Gasteiger charge is 2.19. The predicted octanol–water partition coefficient (Wildman–Crippen LogP) is 10.3. The first-order valence-corrected chi connectivity index (χ1v) is 14.8. The molecule has 3 heteroatoms. The molecule has 204 valence electrons. The van der Waals surface area contributed by atoms with Gasteiger partial charge in [0.2, 0.25) is 0 Å². The number of nitrogens with zero attached hydrogens (tertiary/aromatic N) is 3. The van der Waals surface area contributed by atoms with Gasteiger partial charge >= 0.3 is 0 Å². The molecule has 0 amide bonds. The maximum atomic E-state index is 5.14. The highest BCUT2D eigenvalue weighted by atomic mass is 15.1. The van der Waals surface area contributed by atoms with Crippen molar-refractivity contribution >= 4 is 32.6 Å². The zero-order valence-electron chi connectivity index (χ0n) is 23.9. The first-order valence-electron chi connectivity index (χ1n) is 14.8. The molecule has 0 unspecified atom stereocenters. The summed E-state index contributed by atoms with van der Waals surface area (Å²) in [6.45, 7) is 2.15. The van der Waals surface area contributed by atoms with Gasteiger partial charge in [-0.05, 0) is 74.1 Å². The number of aryl methyl sites for hydroxylation is 1. The average Bonchev–Trinajstić information content (AvgIpc) is 3.46. The van der Waals surface area contributed by atoms with Crippen molar-refractivity contribution < 1.29 is 0 Å². The largest absolute Gasteiger partial charge is 0.295 e. The number of hydrogen-bond donors (Lipinski definition) is 0. The van der Waals surface area contributed by atoms with E-state index in [-0.39, 0.29) is 0 Å². The Labute approximate surface area is 250 Å². The molecule has 0 fully saturated rings. The van der Waals surface area contributed by atoms with Gasteiger partial charge in [0, 0.05) is 12.0 Å². The molecule has 0 aliphatic heterocycles. The SMILES string of the molecule is CCc1nc2ccccc2n1-c1ccc(-c2c3ccccc3c(-c3ccccc3)c3ccc(-c4ccccc4)cc23)nc1. The molecular weight excluding hydrogens is 522 g/mol. The maximum Gasteiger partial charge on any atom is 0.114 e. The van der Waals surface area contributed by atoms with E-state index in [1.54, 1.807) is 0 Å². The fraction of sp³-hybridized carbons (Fsp3) is 0.0500. The average molecular weight is 552 g/mol. The van der Waals surface area contributed by atoms with E-state index < -0.39 is 0 Å². The van der Waals surface area contributed by atoms with Crippen molar-refractivity contribution in [2.75, 3.05) is 0 Å². The Bertz CT molecular complexity index is 2250. The van der Waals surface area contributed by atoms with Gasteiger partial charge in [-0.15, -0.1) is 0 Å². The van der Waals surface area contributed by atoms with Crippen LogP contribution in [-0.2, 0) is 6.42 Å². The molecule has 0 atom stereocenters. The minimum Gasteiger partial charge on any atom is -0.295 e. The highest BCUT2D eigenvalue weighted by Crippen LogP contribution is 2.44. The zero-order valence-corrected chi connectivity index (χ0v) is 23.9. The third-order valence-corrected chi connectivity index (χ3v) is 8.40. The molecule has 2 aromatic heterocycles. The summed E-state index contributed by atoms with van der Waals surface area (Å²) >= 11 is 0. The van der Waals surface area contributed by atoms with Crippen LogP contribution in [-0.4, -0.2) is 14.5 Å². The maximum absolute atomic E-state index is 5.14. The summed E-state index contributed by atoms with van der Waals surface area (Å²) in [5.41, 5.74) is 10.1.